The van der Waals surface area contributed by atoms with Gasteiger partial charge in [-0.05, 0) is 69.4 Å². The number of aromatic nitrogens is 5. The van der Waals surface area contributed by atoms with Gasteiger partial charge in [-0.1, -0.05) is 6.07 Å². The van der Waals surface area contributed by atoms with Crippen molar-refractivity contribution in [1.29, 1.82) is 0 Å². The van der Waals surface area contributed by atoms with E-state index in [0.717, 1.165) is 73.7 Å². The topological polar surface area (TPSA) is 83.3 Å². The standard InChI is InChI=1S/C26H34N8O/c1-20-22(9-12-26(35)33-18-16-32(17-19-33)23-8-4-5-13-27-23)21(2)34(30-20)25-11-10-24(28-29-25)31-14-6-3-7-15-31/h4-5,8,10-11,13H,3,6-7,9,12,14-19H2,1-2H3. The number of piperidine rings is 1. The smallest absolute Gasteiger partial charge is 0.223 e. The lowest BCUT2D eigenvalue weighted by molar-refractivity contribution is -0.131. The second-order valence-corrected chi connectivity index (χ2v) is 9.41. The minimum Gasteiger partial charge on any atom is -0.355 e. The molecule has 0 unspecified atom stereocenters. The highest BCUT2D eigenvalue weighted by Gasteiger charge is 2.23. The van der Waals surface area contributed by atoms with E-state index in [2.05, 4.69) is 25.0 Å². The lowest BCUT2D eigenvalue weighted by Crippen LogP contribution is -2.49. The van der Waals surface area contributed by atoms with Gasteiger partial charge in [0.05, 0.1) is 5.69 Å². The average Bonchev–Trinajstić information content (AvgIpc) is 3.21. The number of carbonyl (C=O) groups is 1. The van der Waals surface area contributed by atoms with Crippen molar-refractivity contribution in [3.05, 3.63) is 53.5 Å². The van der Waals surface area contributed by atoms with Crippen molar-refractivity contribution >= 4 is 17.5 Å². The molecule has 0 radical (unpaired) electrons. The van der Waals surface area contributed by atoms with Gasteiger partial charge in [-0.3, -0.25) is 4.79 Å². The molecular formula is C26H34N8O. The lowest BCUT2D eigenvalue weighted by Gasteiger charge is -2.35. The zero-order chi connectivity index (χ0) is 24.2. The number of hydrogen-bond acceptors (Lipinski definition) is 7. The van der Waals surface area contributed by atoms with Crippen LogP contribution in [0.5, 0.6) is 0 Å². The van der Waals surface area contributed by atoms with E-state index < -0.39 is 0 Å². The molecule has 5 rings (SSSR count). The van der Waals surface area contributed by atoms with Crippen LogP contribution in [0.3, 0.4) is 0 Å². The molecule has 0 bridgehead atoms. The third kappa shape index (κ3) is 5.13. The number of aryl methyl sites for hydroxylation is 1. The molecular weight excluding hydrogens is 440 g/mol. The third-order valence-electron chi connectivity index (χ3n) is 7.17. The van der Waals surface area contributed by atoms with Crippen molar-refractivity contribution in [2.75, 3.05) is 49.1 Å². The molecule has 2 aliphatic rings. The molecule has 0 aliphatic carbocycles. The van der Waals surface area contributed by atoms with Gasteiger partial charge in [0.1, 0.15) is 5.82 Å². The first kappa shape index (κ1) is 23.3. The molecule has 9 nitrogen and oxygen atoms in total. The largest absolute Gasteiger partial charge is 0.355 e. The summed E-state index contributed by atoms with van der Waals surface area (Å²) in [6.07, 6.45) is 6.69. The Balaban J connectivity index is 1.18. The van der Waals surface area contributed by atoms with Crippen molar-refractivity contribution in [2.45, 2.75) is 46.0 Å². The predicted molar refractivity (Wildman–Crippen MR) is 136 cm³/mol. The van der Waals surface area contributed by atoms with E-state index in [-0.39, 0.29) is 5.91 Å². The maximum Gasteiger partial charge on any atom is 0.223 e. The zero-order valence-electron chi connectivity index (χ0n) is 20.7. The van der Waals surface area contributed by atoms with Gasteiger partial charge < -0.3 is 14.7 Å². The number of carbonyl (C=O) groups excluding carboxylic acids is 1. The van der Waals surface area contributed by atoms with Crippen LogP contribution in [0.1, 0.15) is 42.6 Å². The predicted octanol–water partition coefficient (Wildman–Crippen LogP) is 2.95. The fourth-order valence-electron chi connectivity index (χ4n) is 5.10. The zero-order valence-corrected chi connectivity index (χ0v) is 20.7. The second kappa shape index (κ2) is 10.4. The van der Waals surface area contributed by atoms with Gasteiger partial charge in [0, 0.05) is 57.6 Å². The molecule has 2 saturated heterocycles. The SMILES string of the molecule is Cc1nn(-c2ccc(N3CCCCC3)nn2)c(C)c1CCC(=O)N1CCN(c2ccccn2)CC1. The molecule has 3 aromatic heterocycles. The lowest BCUT2D eigenvalue weighted by atomic mass is 10.1. The molecule has 9 heteroatoms. The van der Waals surface area contributed by atoms with E-state index in [1.165, 1.54) is 19.3 Å². The van der Waals surface area contributed by atoms with Crippen molar-refractivity contribution in [2.24, 2.45) is 0 Å². The maximum atomic E-state index is 12.9. The number of nitrogens with zero attached hydrogens (tertiary/aromatic N) is 8. The van der Waals surface area contributed by atoms with Crippen LogP contribution in [0.2, 0.25) is 0 Å². The average molecular weight is 475 g/mol. The van der Waals surface area contributed by atoms with Crippen LogP contribution in [0.15, 0.2) is 36.5 Å². The summed E-state index contributed by atoms with van der Waals surface area (Å²) in [5.41, 5.74) is 3.08. The summed E-state index contributed by atoms with van der Waals surface area (Å²) in [4.78, 5) is 23.9. The normalized spacial score (nSPS) is 16.6. The van der Waals surface area contributed by atoms with Crippen LogP contribution in [-0.2, 0) is 11.2 Å². The Hall–Kier alpha value is -3.49. The van der Waals surface area contributed by atoms with Crippen molar-refractivity contribution in [3.63, 3.8) is 0 Å². The molecule has 1 amide bonds. The first-order valence-corrected chi connectivity index (χ1v) is 12.7. The van der Waals surface area contributed by atoms with Crippen LogP contribution >= 0.6 is 0 Å². The molecule has 0 saturated carbocycles. The Morgan fingerprint density at radius 3 is 2.23 bits per heavy atom. The molecule has 5 heterocycles. The molecule has 0 N–H and O–H groups in total. The Morgan fingerprint density at radius 1 is 0.829 bits per heavy atom. The fraction of sp³-hybridized carbons (Fsp3) is 0.500. The van der Waals surface area contributed by atoms with E-state index in [1.54, 1.807) is 0 Å². The van der Waals surface area contributed by atoms with Crippen LogP contribution in [0.4, 0.5) is 11.6 Å². The minimum absolute atomic E-state index is 0.197. The molecule has 2 aliphatic heterocycles. The van der Waals surface area contributed by atoms with E-state index >= 15 is 0 Å². The van der Waals surface area contributed by atoms with E-state index in [4.69, 9.17) is 5.10 Å². The monoisotopic (exact) mass is 474 g/mol. The Labute approximate surface area is 206 Å². The van der Waals surface area contributed by atoms with Crippen LogP contribution < -0.4 is 9.80 Å². The quantitative estimate of drug-likeness (QED) is 0.543. The number of pyridine rings is 1. The minimum atomic E-state index is 0.197. The first-order chi connectivity index (χ1) is 17.1. The summed E-state index contributed by atoms with van der Waals surface area (Å²) in [6, 6.07) is 9.97. The van der Waals surface area contributed by atoms with Crippen LogP contribution in [0, 0.1) is 13.8 Å². The third-order valence-corrected chi connectivity index (χ3v) is 7.17. The maximum absolute atomic E-state index is 12.9. The number of anilines is 2. The van der Waals surface area contributed by atoms with Gasteiger partial charge in [0.25, 0.3) is 0 Å². The summed E-state index contributed by atoms with van der Waals surface area (Å²) >= 11 is 0. The van der Waals surface area contributed by atoms with E-state index in [1.807, 2.05) is 60.0 Å². The molecule has 35 heavy (non-hydrogen) atoms. The number of hydrogen-bond donors (Lipinski definition) is 0. The van der Waals surface area contributed by atoms with Crippen LogP contribution in [0.25, 0.3) is 5.82 Å². The second-order valence-electron chi connectivity index (χ2n) is 9.41. The van der Waals surface area contributed by atoms with Crippen molar-refractivity contribution < 1.29 is 4.79 Å². The van der Waals surface area contributed by atoms with Crippen molar-refractivity contribution in [1.82, 2.24) is 29.9 Å². The molecule has 0 aromatic carbocycles. The summed E-state index contributed by atoms with van der Waals surface area (Å²) in [6.45, 7) is 9.22. The van der Waals surface area contributed by atoms with E-state index in [9.17, 15) is 4.79 Å². The Morgan fingerprint density at radius 2 is 1.54 bits per heavy atom. The van der Waals surface area contributed by atoms with Gasteiger partial charge in [-0.25, -0.2) is 9.67 Å². The Kier molecular flexibility index (Phi) is 6.92. The van der Waals surface area contributed by atoms with Gasteiger partial charge in [-0.2, -0.15) is 5.10 Å². The van der Waals surface area contributed by atoms with Gasteiger partial charge >= 0.3 is 0 Å². The molecule has 184 valence electrons. The number of amides is 1. The summed E-state index contributed by atoms with van der Waals surface area (Å²) < 4.78 is 1.85. The highest BCUT2D eigenvalue weighted by atomic mass is 16.2. The van der Waals surface area contributed by atoms with Gasteiger partial charge in [0.15, 0.2) is 11.6 Å². The number of rotatable bonds is 6. The fourth-order valence-corrected chi connectivity index (χ4v) is 5.10. The van der Waals surface area contributed by atoms with E-state index in [0.29, 0.717) is 12.8 Å². The van der Waals surface area contributed by atoms with Crippen LogP contribution in [-0.4, -0.2) is 75.0 Å². The highest BCUT2D eigenvalue weighted by molar-refractivity contribution is 5.77. The van der Waals surface area contributed by atoms with Gasteiger partial charge in [-0.15, -0.1) is 10.2 Å². The molecule has 3 aromatic rings. The van der Waals surface area contributed by atoms with Crippen molar-refractivity contribution in [3.8, 4) is 5.82 Å². The molecule has 2 fully saturated rings. The number of piperazine rings is 1. The summed E-state index contributed by atoms with van der Waals surface area (Å²) in [5.74, 6) is 2.83. The highest BCUT2D eigenvalue weighted by Crippen LogP contribution is 2.21. The summed E-state index contributed by atoms with van der Waals surface area (Å²) in [7, 11) is 0. The first-order valence-electron chi connectivity index (χ1n) is 12.7. The molecule has 0 spiro atoms. The summed E-state index contributed by atoms with van der Waals surface area (Å²) in [5, 5.41) is 13.7. The Bertz CT molecular complexity index is 1130. The van der Waals surface area contributed by atoms with Gasteiger partial charge in [0.2, 0.25) is 5.91 Å². The molecule has 0 atom stereocenters.